The summed E-state index contributed by atoms with van der Waals surface area (Å²) >= 11 is 0. The second kappa shape index (κ2) is 5.65. The van der Waals surface area contributed by atoms with Gasteiger partial charge < -0.3 is 10.6 Å². The molecule has 1 aromatic heterocycles. The highest BCUT2D eigenvalue weighted by molar-refractivity contribution is 5.90. The van der Waals surface area contributed by atoms with Gasteiger partial charge in [0.25, 0.3) is 0 Å². The van der Waals surface area contributed by atoms with Crippen LogP contribution in [0.4, 0.5) is 11.8 Å². The van der Waals surface area contributed by atoms with Crippen molar-refractivity contribution < 1.29 is 0 Å². The molecule has 3 rings (SSSR count). The van der Waals surface area contributed by atoms with Crippen molar-refractivity contribution in [2.75, 3.05) is 17.2 Å². The molecule has 1 aromatic carbocycles. The molecule has 1 atom stereocenters. The Morgan fingerprint density at radius 2 is 2.05 bits per heavy atom. The molecule has 0 amide bonds. The molecule has 4 nitrogen and oxygen atoms in total. The lowest BCUT2D eigenvalue weighted by Gasteiger charge is -2.16. The van der Waals surface area contributed by atoms with Crippen LogP contribution in [-0.2, 0) is 0 Å². The summed E-state index contributed by atoms with van der Waals surface area (Å²) in [5.74, 6) is 2.56. The van der Waals surface area contributed by atoms with Crippen LogP contribution in [0.5, 0.6) is 0 Å². The summed E-state index contributed by atoms with van der Waals surface area (Å²) in [7, 11) is 0. The zero-order chi connectivity index (χ0) is 13.9. The average Bonchev–Trinajstić information content (AvgIpc) is 3.23. The summed E-state index contributed by atoms with van der Waals surface area (Å²) in [6.45, 7) is 5.12. The van der Waals surface area contributed by atoms with Gasteiger partial charge in [-0.25, -0.2) is 4.98 Å². The SMILES string of the molecule is CCNc1nc(NC(C)CC2CC2)c2ccccc2n1. The Morgan fingerprint density at radius 3 is 2.80 bits per heavy atom. The number of nitrogens with one attached hydrogen (secondary N) is 2. The first-order chi connectivity index (χ1) is 9.76. The summed E-state index contributed by atoms with van der Waals surface area (Å²) in [6.07, 6.45) is 4.01. The first-order valence-corrected chi connectivity index (χ1v) is 7.53. The second-order valence-corrected chi connectivity index (χ2v) is 5.67. The quantitative estimate of drug-likeness (QED) is 0.841. The maximum atomic E-state index is 4.62. The zero-order valence-electron chi connectivity index (χ0n) is 12.2. The van der Waals surface area contributed by atoms with Crippen molar-refractivity contribution in [3.8, 4) is 0 Å². The van der Waals surface area contributed by atoms with Crippen LogP contribution in [0.25, 0.3) is 10.9 Å². The van der Waals surface area contributed by atoms with Crippen LogP contribution in [-0.4, -0.2) is 22.6 Å². The molecule has 0 spiro atoms. The van der Waals surface area contributed by atoms with E-state index in [4.69, 9.17) is 0 Å². The van der Waals surface area contributed by atoms with Crippen molar-refractivity contribution >= 4 is 22.7 Å². The van der Waals surface area contributed by atoms with Crippen molar-refractivity contribution in [3.63, 3.8) is 0 Å². The van der Waals surface area contributed by atoms with Gasteiger partial charge in [-0.05, 0) is 38.3 Å². The number of rotatable bonds is 6. The summed E-state index contributed by atoms with van der Waals surface area (Å²) in [4.78, 5) is 9.17. The predicted octanol–water partition coefficient (Wildman–Crippen LogP) is 3.66. The van der Waals surface area contributed by atoms with Crippen molar-refractivity contribution in [3.05, 3.63) is 24.3 Å². The third-order valence-corrected chi connectivity index (χ3v) is 3.71. The Balaban J connectivity index is 1.89. The molecule has 4 heteroatoms. The maximum Gasteiger partial charge on any atom is 0.225 e. The van der Waals surface area contributed by atoms with Gasteiger partial charge in [-0.1, -0.05) is 25.0 Å². The Morgan fingerprint density at radius 1 is 1.25 bits per heavy atom. The maximum absolute atomic E-state index is 4.62. The molecule has 1 aliphatic carbocycles. The molecule has 1 fully saturated rings. The average molecular weight is 270 g/mol. The highest BCUT2D eigenvalue weighted by Crippen LogP contribution is 2.34. The Bertz CT molecular complexity index is 592. The Labute approximate surface area is 120 Å². The number of nitrogens with zero attached hydrogens (tertiary/aromatic N) is 2. The van der Waals surface area contributed by atoms with Gasteiger partial charge in [-0.15, -0.1) is 0 Å². The molecule has 0 bridgehead atoms. The van der Waals surface area contributed by atoms with Crippen LogP contribution < -0.4 is 10.6 Å². The van der Waals surface area contributed by atoms with Gasteiger partial charge in [-0.3, -0.25) is 0 Å². The summed E-state index contributed by atoms with van der Waals surface area (Å²) in [6, 6.07) is 8.62. The monoisotopic (exact) mass is 270 g/mol. The van der Waals surface area contributed by atoms with Gasteiger partial charge in [-0.2, -0.15) is 4.98 Å². The summed E-state index contributed by atoms with van der Waals surface area (Å²) in [5.41, 5.74) is 0.986. The Hall–Kier alpha value is -1.84. The fourth-order valence-electron chi connectivity index (χ4n) is 2.57. The van der Waals surface area contributed by atoms with E-state index in [2.05, 4.69) is 40.5 Å². The van der Waals surface area contributed by atoms with Gasteiger partial charge in [0, 0.05) is 18.0 Å². The topological polar surface area (TPSA) is 49.8 Å². The minimum absolute atomic E-state index is 0.454. The highest BCUT2D eigenvalue weighted by Gasteiger charge is 2.24. The minimum Gasteiger partial charge on any atom is -0.367 e. The molecule has 2 aromatic rings. The molecule has 106 valence electrons. The summed E-state index contributed by atoms with van der Waals surface area (Å²) < 4.78 is 0. The fraction of sp³-hybridized carbons (Fsp3) is 0.500. The van der Waals surface area contributed by atoms with Gasteiger partial charge in [0.1, 0.15) is 5.82 Å². The van der Waals surface area contributed by atoms with Crippen molar-refractivity contribution in [1.82, 2.24) is 9.97 Å². The van der Waals surface area contributed by atoms with E-state index in [9.17, 15) is 0 Å². The van der Waals surface area contributed by atoms with Crippen molar-refractivity contribution in [1.29, 1.82) is 0 Å². The van der Waals surface area contributed by atoms with Gasteiger partial charge in [0.2, 0.25) is 5.95 Å². The number of benzene rings is 1. The predicted molar refractivity (Wildman–Crippen MR) is 84.1 cm³/mol. The third-order valence-electron chi connectivity index (χ3n) is 3.71. The van der Waals surface area contributed by atoms with Crippen LogP contribution in [0.15, 0.2) is 24.3 Å². The van der Waals surface area contributed by atoms with Crippen molar-refractivity contribution in [2.45, 2.75) is 39.2 Å². The van der Waals surface area contributed by atoms with Gasteiger partial charge in [0.05, 0.1) is 5.52 Å². The van der Waals surface area contributed by atoms with E-state index in [-0.39, 0.29) is 0 Å². The van der Waals surface area contributed by atoms with Crippen LogP contribution in [0.3, 0.4) is 0 Å². The van der Waals surface area contributed by atoms with E-state index in [0.29, 0.717) is 12.0 Å². The molecule has 1 heterocycles. The molecule has 0 radical (unpaired) electrons. The number of para-hydroxylation sites is 1. The molecular weight excluding hydrogens is 248 g/mol. The van der Waals surface area contributed by atoms with E-state index in [0.717, 1.165) is 29.2 Å². The highest BCUT2D eigenvalue weighted by atomic mass is 15.1. The zero-order valence-corrected chi connectivity index (χ0v) is 12.2. The molecule has 1 saturated carbocycles. The lowest BCUT2D eigenvalue weighted by molar-refractivity contribution is 0.640. The fourth-order valence-corrected chi connectivity index (χ4v) is 2.57. The van der Waals surface area contributed by atoms with Crippen LogP contribution in [0, 0.1) is 5.92 Å². The number of hydrogen-bond donors (Lipinski definition) is 2. The molecule has 2 N–H and O–H groups in total. The molecule has 20 heavy (non-hydrogen) atoms. The van der Waals surface area contributed by atoms with Crippen LogP contribution in [0.2, 0.25) is 0 Å². The number of aromatic nitrogens is 2. The van der Waals surface area contributed by atoms with E-state index in [1.54, 1.807) is 0 Å². The molecular formula is C16H22N4. The van der Waals surface area contributed by atoms with Crippen LogP contribution in [0.1, 0.15) is 33.1 Å². The van der Waals surface area contributed by atoms with E-state index < -0.39 is 0 Å². The molecule has 0 saturated heterocycles. The van der Waals surface area contributed by atoms with E-state index >= 15 is 0 Å². The number of fused-ring (bicyclic) bond motifs is 1. The van der Waals surface area contributed by atoms with E-state index in [1.807, 2.05) is 18.2 Å². The largest absolute Gasteiger partial charge is 0.367 e. The molecule has 1 aliphatic rings. The molecule has 0 aliphatic heterocycles. The first kappa shape index (κ1) is 13.2. The van der Waals surface area contributed by atoms with E-state index in [1.165, 1.54) is 19.3 Å². The number of anilines is 2. The van der Waals surface area contributed by atoms with Gasteiger partial charge >= 0.3 is 0 Å². The van der Waals surface area contributed by atoms with Crippen LogP contribution >= 0.6 is 0 Å². The first-order valence-electron chi connectivity index (χ1n) is 7.53. The summed E-state index contributed by atoms with van der Waals surface area (Å²) in [5, 5.41) is 7.86. The minimum atomic E-state index is 0.454. The normalized spacial score (nSPS) is 16.1. The molecule has 1 unspecified atom stereocenters. The third kappa shape index (κ3) is 3.00. The standard InChI is InChI=1S/C16H22N4/c1-3-17-16-19-14-7-5-4-6-13(14)15(20-16)18-11(2)10-12-8-9-12/h4-7,11-12H,3,8-10H2,1-2H3,(H2,17,18,19,20). The Kier molecular flexibility index (Phi) is 3.72. The van der Waals surface area contributed by atoms with Gasteiger partial charge in [0.15, 0.2) is 0 Å². The smallest absolute Gasteiger partial charge is 0.225 e. The lowest BCUT2D eigenvalue weighted by Crippen LogP contribution is -2.17. The second-order valence-electron chi connectivity index (χ2n) is 5.67. The van der Waals surface area contributed by atoms with Crippen molar-refractivity contribution in [2.24, 2.45) is 5.92 Å². The lowest BCUT2D eigenvalue weighted by atomic mass is 10.1. The number of hydrogen-bond acceptors (Lipinski definition) is 4.